The molecule has 0 aliphatic carbocycles. The number of carbonyl (C=O) groups is 4. The van der Waals surface area contributed by atoms with Crippen LogP contribution in [0.5, 0.6) is 0 Å². The fraction of sp³-hybridized carbons (Fsp3) is 0.714. The quantitative estimate of drug-likeness (QED) is 0.577. The van der Waals surface area contributed by atoms with Gasteiger partial charge in [-0.25, -0.2) is 0 Å². The van der Waals surface area contributed by atoms with Crippen LogP contribution >= 0.6 is 11.6 Å². The summed E-state index contributed by atoms with van der Waals surface area (Å²) in [4.78, 5) is 42.5. The van der Waals surface area contributed by atoms with E-state index in [9.17, 15) is 19.2 Å². The minimum atomic E-state index is -0.935. The molecule has 0 saturated carbocycles. The van der Waals surface area contributed by atoms with E-state index in [0.29, 0.717) is 6.42 Å². The predicted molar refractivity (Wildman–Crippen MR) is 75.4 cm³/mol. The van der Waals surface area contributed by atoms with Gasteiger partial charge < -0.3 is 0 Å². The molecule has 0 spiro atoms. The fourth-order valence-corrected chi connectivity index (χ4v) is 0.855. The number of ketones is 4. The molecule has 4 nitrogen and oxygen atoms in total. The lowest BCUT2D eigenvalue weighted by Gasteiger charge is -2.15. The highest BCUT2D eigenvalue weighted by atomic mass is 35.5. The van der Waals surface area contributed by atoms with Gasteiger partial charge in [-0.05, 0) is 13.8 Å². The van der Waals surface area contributed by atoms with Gasteiger partial charge in [0.2, 0.25) is 0 Å². The van der Waals surface area contributed by atoms with Crippen LogP contribution in [0.3, 0.4) is 0 Å². The van der Waals surface area contributed by atoms with E-state index >= 15 is 0 Å². The van der Waals surface area contributed by atoms with Crippen molar-refractivity contribution in [2.45, 2.75) is 59.8 Å². The van der Waals surface area contributed by atoms with E-state index in [1.54, 1.807) is 6.92 Å². The Morgan fingerprint density at radius 3 is 1.53 bits per heavy atom. The summed E-state index contributed by atoms with van der Waals surface area (Å²) in [5, 5.41) is -0.935. The maximum absolute atomic E-state index is 11.2. The Hall–Kier alpha value is -1.03. The Morgan fingerprint density at radius 1 is 1.00 bits per heavy atom. The molecule has 0 unspecified atom stereocenters. The highest BCUT2D eigenvalue weighted by Crippen LogP contribution is 2.16. The smallest absolute Gasteiger partial charge is 0.155 e. The van der Waals surface area contributed by atoms with Crippen molar-refractivity contribution in [3.05, 3.63) is 0 Å². The minimum absolute atomic E-state index is 0.0318. The van der Waals surface area contributed by atoms with Gasteiger partial charge in [0.1, 0.15) is 16.9 Å². The highest BCUT2D eigenvalue weighted by Gasteiger charge is 2.22. The number of rotatable bonds is 5. The molecular weight excluding hydrogens is 268 g/mol. The highest BCUT2D eigenvalue weighted by molar-refractivity contribution is 6.41. The van der Waals surface area contributed by atoms with E-state index in [4.69, 9.17) is 11.6 Å². The first kappa shape index (κ1) is 20.3. The summed E-state index contributed by atoms with van der Waals surface area (Å²) in [5.74, 6) is -0.521. The normalized spacial score (nSPS) is 10.5. The Labute approximate surface area is 119 Å². The third kappa shape index (κ3) is 10.6. The van der Waals surface area contributed by atoms with E-state index in [2.05, 4.69) is 0 Å². The van der Waals surface area contributed by atoms with E-state index in [1.165, 1.54) is 13.8 Å². The maximum Gasteiger partial charge on any atom is 0.155 e. The molecule has 0 atom stereocenters. The third-order valence-electron chi connectivity index (χ3n) is 2.30. The molecule has 0 radical (unpaired) electrons. The van der Waals surface area contributed by atoms with E-state index in [1.807, 2.05) is 20.8 Å². The Morgan fingerprint density at radius 2 is 1.37 bits per heavy atom. The zero-order valence-electron chi connectivity index (χ0n) is 12.5. The lowest BCUT2D eigenvalue weighted by atomic mass is 9.88. The first-order valence-corrected chi connectivity index (χ1v) is 6.57. The summed E-state index contributed by atoms with van der Waals surface area (Å²) < 4.78 is 0. The maximum atomic E-state index is 11.2. The molecular formula is C14H23ClO4. The van der Waals surface area contributed by atoms with Gasteiger partial charge in [0.25, 0.3) is 0 Å². The predicted octanol–water partition coefficient (Wildman–Crippen LogP) is 2.74. The number of alkyl halides is 1. The number of carbonyl (C=O) groups excluding carboxylic acids is 4. The second-order valence-electron chi connectivity index (χ2n) is 5.33. The van der Waals surface area contributed by atoms with E-state index in [-0.39, 0.29) is 35.0 Å². The van der Waals surface area contributed by atoms with Crippen LogP contribution in [0.15, 0.2) is 0 Å². The molecule has 0 heterocycles. The van der Waals surface area contributed by atoms with Gasteiger partial charge in [0.15, 0.2) is 11.6 Å². The van der Waals surface area contributed by atoms with Crippen LogP contribution in [-0.4, -0.2) is 28.5 Å². The van der Waals surface area contributed by atoms with E-state index in [0.717, 1.165) is 0 Å². The van der Waals surface area contributed by atoms with Gasteiger partial charge in [-0.2, -0.15) is 0 Å². The average molecular weight is 291 g/mol. The molecule has 5 heteroatoms. The van der Waals surface area contributed by atoms with Crippen LogP contribution in [0.1, 0.15) is 54.4 Å². The molecule has 0 bridgehead atoms. The van der Waals surface area contributed by atoms with Crippen molar-refractivity contribution in [2.24, 2.45) is 5.41 Å². The van der Waals surface area contributed by atoms with Crippen LogP contribution in [0.4, 0.5) is 0 Å². The standard InChI is InChI=1S/C9H16O2.C5H7ClO2/c1-5-7(10)6-8(11)9(2,3)4;1-3(7)5(6)4(2)8/h5-6H2,1-4H3;5H,1-2H3. The van der Waals surface area contributed by atoms with Crippen molar-refractivity contribution in [1.82, 2.24) is 0 Å². The third-order valence-corrected chi connectivity index (χ3v) is 2.92. The first-order valence-electron chi connectivity index (χ1n) is 6.13. The molecule has 0 aromatic heterocycles. The zero-order chi connectivity index (χ0) is 15.8. The van der Waals surface area contributed by atoms with Crippen LogP contribution < -0.4 is 0 Å². The molecule has 110 valence electrons. The van der Waals surface area contributed by atoms with Gasteiger partial charge in [-0.3, -0.25) is 19.2 Å². The van der Waals surface area contributed by atoms with Gasteiger partial charge in [-0.15, -0.1) is 11.6 Å². The first-order chi connectivity index (χ1) is 8.43. The van der Waals surface area contributed by atoms with Crippen molar-refractivity contribution in [3.63, 3.8) is 0 Å². The summed E-state index contributed by atoms with van der Waals surface area (Å²) in [6.07, 6.45) is 0.557. The van der Waals surface area contributed by atoms with Gasteiger partial charge in [-0.1, -0.05) is 27.7 Å². The molecule has 0 aliphatic heterocycles. The van der Waals surface area contributed by atoms with Crippen LogP contribution in [0, 0.1) is 5.41 Å². The monoisotopic (exact) mass is 290 g/mol. The van der Waals surface area contributed by atoms with Crippen molar-refractivity contribution < 1.29 is 19.2 Å². The number of hydrogen-bond acceptors (Lipinski definition) is 4. The SMILES string of the molecule is CC(=O)C(Cl)C(C)=O.CCC(=O)CC(=O)C(C)(C)C. The topological polar surface area (TPSA) is 68.3 Å². The molecule has 0 N–H and O–H groups in total. The summed E-state index contributed by atoms with van der Waals surface area (Å²) in [7, 11) is 0. The second kappa shape index (κ2) is 8.97. The molecule has 0 fully saturated rings. The summed E-state index contributed by atoms with van der Waals surface area (Å²) >= 11 is 5.25. The molecule has 0 aromatic carbocycles. The molecule has 0 aliphatic rings. The molecule has 0 saturated heterocycles. The Bertz CT molecular complexity index is 339. The second-order valence-corrected chi connectivity index (χ2v) is 5.76. The molecule has 0 amide bonds. The Balaban J connectivity index is 0. The van der Waals surface area contributed by atoms with Gasteiger partial charge >= 0.3 is 0 Å². The Kier molecular flexibility index (Phi) is 9.58. The fourth-order valence-electron chi connectivity index (χ4n) is 0.855. The summed E-state index contributed by atoms with van der Waals surface area (Å²) in [6, 6.07) is 0. The van der Waals surface area contributed by atoms with Crippen molar-refractivity contribution in [2.75, 3.05) is 0 Å². The van der Waals surface area contributed by atoms with Crippen molar-refractivity contribution in [3.8, 4) is 0 Å². The lowest BCUT2D eigenvalue weighted by Crippen LogP contribution is -2.22. The van der Waals surface area contributed by atoms with Gasteiger partial charge in [0, 0.05) is 11.8 Å². The largest absolute Gasteiger partial charge is 0.299 e. The number of halogens is 1. The summed E-state index contributed by atoms with van der Waals surface area (Å²) in [5.41, 5.74) is -0.370. The molecule has 0 aromatic rings. The van der Waals surface area contributed by atoms with Crippen molar-refractivity contribution >= 4 is 34.7 Å². The zero-order valence-corrected chi connectivity index (χ0v) is 13.3. The van der Waals surface area contributed by atoms with Crippen LogP contribution in [0.25, 0.3) is 0 Å². The van der Waals surface area contributed by atoms with Crippen LogP contribution in [-0.2, 0) is 19.2 Å². The minimum Gasteiger partial charge on any atom is -0.299 e. The van der Waals surface area contributed by atoms with Crippen LogP contribution in [0.2, 0.25) is 0 Å². The summed E-state index contributed by atoms with van der Waals surface area (Å²) in [6.45, 7) is 9.85. The van der Waals surface area contributed by atoms with Gasteiger partial charge in [0.05, 0.1) is 6.42 Å². The van der Waals surface area contributed by atoms with Crippen molar-refractivity contribution in [1.29, 1.82) is 0 Å². The van der Waals surface area contributed by atoms with E-state index < -0.39 is 5.38 Å². The average Bonchev–Trinajstić information content (AvgIpc) is 2.26. The number of hydrogen-bond donors (Lipinski definition) is 0. The molecule has 19 heavy (non-hydrogen) atoms. The lowest BCUT2D eigenvalue weighted by molar-refractivity contribution is -0.131. The number of Topliss-reactive ketones (excluding diaryl/α,β-unsaturated/α-hetero) is 4. The molecule has 0 rings (SSSR count).